The summed E-state index contributed by atoms with van der Waals surface area (Å²) in [6.07, 6.45) is 19.0. The van der Waals surface area contributed by atoms with Gasteiger partial charge in [0.1, 0.15) is 0 Å². The van der Waals surface area contributed by atoms with Crippen LogP contribution in [0.4, 0.5) is 0 Å². The van der Waals surface area contributed by atoms with Gasteiger partial charge in [0.25, 0.3) is 0 Å². The molecule has 1 aliphatic heterocycles. The Morgan fingerprint density at radius 2 is 1.45 bits per heavy atom. The van der Waals surface area contributed by atoms with E-state index in [1.807, 2.05) is 0 Å². The van der Waals surface area contributed by atoms with Crippen molar-refractivity contribution in [2.45, 2.75) is 84.0 Å². The van der Waals surface area contributed by atoms with Gasteiger partial charge in [0.2, 0.25) is 0 Å². The molecule has 0 bridgehead atoms. The number of rotatable bonds is 11. The fourth-order valence-corrected chi connectivity index (χ4v) is 5.56. The van der Waals surface area contributed by atoms with E-state index in [0.29, 0.717) is 0 Å². The van der Waals surface area contributed by atoms with E-state index < -0.39 is 0 Å². The fraction of sp³-hybridized carbons (Fsp3) is 0.684. The van der Waals surface area contributed by atoms with Crippen LogP contribution in [0, 0.1) is 0 Å². The molecule has 1 heteroatoms. The first-order chi connectivity index (χ1) is 9.72. The van der Waals surface area contributed by atoms with Gasteiger partial charge >= 0.3 is 130 Å². The summed E-state index contributed by atoms with van der Waals surface area (Å²) in [6, 6.07) is 0. The third-order valence-corrected chi connectivity index (χ3v) is 6.49. The zero-order chi connectivity index (χ0) is 14.6. The Labute approximate surface area is 137 Å². The van der Waals surface area contributed by atoms with Crippen molar-refractivity contribution in [3.63, 3.8) is 0 Å². The van der Waals surface area contributed by atoms with Gasteiger partial charge < -0.3 is 0 Å². The Morgan fingerprint density at radius 3 is 2.00 bits per heavy atom. The predicted molar refractivity (Wildman–Crippen MR) is 87.4 cm³/mol. The first-order valence-electron chi connectivity index (χ1n) is 8.43. The third kappa shape index (κ3) is 8.99. The molecule has 0 aromatic heterocycles. The van der Waals surface area contributed by atoms with Gasteiger partial charge in [0.05, 0.1) is 0 Å². The Balaban J connectivity index is 1.92. The molecule has 20 heavy (non-hydrogen) atoms. The zero-order valence-electron chi connectivity index (χ0n) is 13.4. The van der Waals surface area contributed by atoms with Crippen molar-refractivity contribution in [1.82, 2.24) is 0 Å². The topological polar surface area (TPSA) is 0 Å². The van der Waals surface area contributed by atoms with E-state index >= 15 is 0 Å². The fourth-order valence-electron chi connectivity index (χ4n) is 2.65. The van der Waals surface area contributed by atoms with Crippen LogP contribution >= 0.6 is 0 Å². The zero-order valence-corrected chi connectivity index (χ0v) is 15.5. The Morgan fingerprint density at radius 1 is 0.900 bits per heavy atom. The summed E-state index contributed by atoms with van der Waals surface area (Å²) in [5.41, 5.74) is 1.28. The first-order valence-corrected chi connectivity index (χ1v) is 10.6. The second kappa shape index (κ2) is 11.6. The average Bonchev–Trinajstić information content (AvgIpc) is 2.40. The van der Waals surface area contributed by atoms with Crippen LogP contribution in [0.5, 0.6) is 0 Å². The average molecular weight is 387 g/mol. The van der Waals surface area contributed by atoms with Crippen molar-refractivity contribution in [2.24, 2.45) is 0 Å². The van der Waals surface area contributed by atoms with Gasteiger partial charge in [-0.2, -0.15) is 0 Å². The molecule has 0 unspecified atom stereocenters. The summed E-state index contributed by atoms with van der Waals surface area (Å²) < 4.78 is 3.13. The van der Waals surface area contributed by atoms with Gasteiger partial charge in [0, 0.05) is 0 Å². The van der Waals surface area contributed by atoms with Gasteiger partial charge in [-0.25, -0.2) is 0 Å². The number of halogens is 1. The summed E-state index contributed by atoms with van der Waals surface area (Å²) in [7, 11) is 0. The molecular formula is C19H32I-. The van der Waals surface area contributed by atoms with Crippen molar-refractivity contribution in [2.75, 3.05) is 0 Å². The molecule has 0 saturated heterocycles. The molecule has 1 rings (SSSR count). The molecule has 0 atom stereocenters. The van der Waals surface area contributed by atoms with E-state index in [1.54, 1.807) is 3.58 Å². The molecular weight excluding hydrogens is 355 g/mol. The summed E-state index contributed by atoms with van der Waals surface area (Å²) in [5.74, 6) is 0. The SMILES string of the molecule is C=C1C=C(CCCCCCCCCCCC)[I-]C(=C)C1. The molecule has 0 aromatic rings. The van der Waals surface area contributed by atoms with E-state index in [-0.39, 0.29) is 21.2 Å². The number of hydrogen-bond acceptors (Lipinski definition) is 0. The van der Waals surface area contributed by atoms with Crippen molar-refractivity contribution in [3.8, 4) is 0 Å². The van der Waals surface area contributed by atoms with E-state index in [4.69, 9.17) is 0 Å². The van der Waals surface area contributed by atoms with Crippen molar-refractivity contribution >= 4 is 0 Å². The molecule has 0 aliphatic carbocycles. The summed E-state index contributed by atoms with van der Waals surface area (Å²) in [5, 5.41) is 0. The Hall–Kier alpha value is -0.0500. The maximum absolute atomic E-state index is 4.16. The standard InChI is InChI=1S/C19H32I/c1-4-5-6-7-8-9-10-11-12-13-14-19-16-17(2)15-18(3)20-19/h16H,2-15H2,1H3/q-1. The summed E-state index contributed by atoms with van der Waals surface area (Å²) in [6.45, 7) is 10.5. The summed E-state index contributed by atoms with van der Waals surface area (Å²) >= 11 is 0.126. The van der Waals surface area contributed by atoms with Crippen molar-refractivity contribution < 1.29 is 21.2 Å². The van der Waals surface area contributed by atoms with E-state index in [0.717, 1.165) is 6.42 Å². The molecule has 1 heterocycles. The number of unbranched alkanes of at least 4 members (excludes halogenated alkanes) is 9. The van der Waals surface area contributed by atoms with E-state index in [2.05, 4.69) is 26.2 Å². The van der Waals surface area contributed by atoms with E-state index in [1.165, 1.54) is 79.8 Å². The Kier molecular flexibility index (Phi) is 10.4. The van der Waals surface area contributed by atoms with Crippen LogP contribution in [0.25, 0.3) is 0 Å². The number of hydrogen-bond donors (Lipinski definition) is 0. The summed E-state index contributed by atoms with van der Waals surface area (Å²) in [4.78, 5) is 0. The van der Waals surface area contributed by atoms with Gasteiger partial charge in [-0.05, 0) is 0 Å². The van der Waals surface area contributed by atoms with Crippen LogP contribution in [0.15, 0.2) is 32.0 Å². The Bertz CT molecular complexity index is 325. The van der Waals surface area contributed by atoms with Crippen LogP contribution in [0.3, 0.4) is 0 Å². The molecule has 0 spiro atoms. The van der Waals surface area contributed by atoms with Crippen LogP contribution in [-0.4, -0.2) is 0 Å². The predicted octanol–water partition coefficient (Wildman–Crippen LogP) is 3.74. The second-order valence-corrected chi connectivity index (χ2v) is 9.42. The molecule has 116 valence electrons. The van der Waals surface area contributed by atoms with Crippen LogP contribution < -0.4 is 21.2 Å². The third-order valence-electron chi connectivity index (χ3n) is 3.80. The molecule has 0 radical (unpaired) electrons. The van der Waals surface area contributed by atoms with Crippen molar-refractivity contribution in [1.29, 1.82) is 0 Å². The van der Waals surface area contributed by atoms with Crippen LogP contribution in [-0.2, 0) is 0 Å². The maximum atomic E-state index is 4.16. The molecule has 0 amide bonds. The minimum atomic E-state index is 0.126. The number of allylic oxidation sites excluding steroid dienone is 4. The second-order valence-electron chi connectivity index (χ2n) is 5.97. The molecule has 0 saturated carbocycles. The van der Waals surface area contributed by atoms with Crippen molar-refractivity contribution in [3.05, 3.63) is 32.0 Å². The van der Waals surface area contributed by atoms with Gasteiger partial charge in [-0.1, -0.05) is 6.92 Å². The minimum absolute atomic E-state index is 0.126. The first kappa shape index (κ1) is 18.0. The molecule has 1 aliphatic rings. The molecule has 0 nitrogen and oxygen atoms in total. The molecule has 0 fully saturated rings. The molecule has 0 aromatic carbocycles. The monoisotopic (exact) mass is 387 g/mol. The van der Waals surface area contributed by atoms with Crippen LogP contribution in [0.1, 0.15) is 84.0 Å². The van der Waals surface area contributed by atoms with Crippen LogP contribution in [0.2, 0.25) is 0 Å². The van der Waals surface area contributed by atoms with Gasteiger partial charge in [-0.15, -0.1) is 0 Å². The van der Waals surface area contributed by atoms with E-state index in [9.17, 15) is 0 Å². The normalized spacial score (nSPS) is 15.9. The quantitative estimate of drug-likeness (QED) is 0.374. The molecule has 0 N–H and O–H groups in total. The van der Waals surface area contributed by atoms with Gasteiger partial charge in [0.15, 0.2) is 0 Å². The van der Waals surface area contributed by atoms with Gasteiger partial charge in [-0.3, -0.25) is 0 Å².